The molecule has 2 N–H and O–H groups in total. The molecule has 0 aromatic heterocycles. The van der Waals surface area contributed by atoms with Gasteiger partial charge in [-0.1, -0.05) is 0 Å². The minimum Gasteiger partial charge on any atom is -0.488 e. The number of ether oxygens (including phenoxy) is 2. The standard InChI is InChI=1S/C14H23NO2/c1-13(2,3)16-11-7-10(15)8-12(9-11)17-14(4,5)6/h7-9H,15H2,1-6H3. The molecule has 0 amide bonds. The topological polar surface area (TPSA) is 44.5 Å². The highest BCUT2D eigenvalue weighted by Crippen LogP contribution is 2.29. The molecule has 0 aliphatic carbocycles. The highest BCUT2D eigenvalue weighted by atomic mass is 16.5. The summed E-state index contributed by atoms with van der Waals surface area (Å²) in [6.45, 7) is 12.0. The number of hydrogen-bond donors (Lipinski definition) is 1. The van der Waals surface area contributed by atoms with E-state index in [1.54, 1.807) is 12.1 Å². The number of nitrogen functional groups attached to an aromatic ring is 1. The lowest BCUT2D eigenvalue weighted by Crippen LogP contribution is -2.24. The average Bonchev–Trinajstić information content (AvgIpc) is 1.93. The van der Waals surface area contributed by atoms with Gasteiger partial charge in [-0.15, -0.1) is 0 Å². The molecule has 0 spiro atoms. The molecule has 0 unspecified atom stereocenters. The van der Waals surface area contributed by atoms with Crippen molar-refractivity contribution in [1.82, 2.24) is 0 Å². The summed E-state index contributed by atoms with van der Waals surface area (Å²) in [5, 5.41) is 0. The Kier molecular flexibility index (Phi) is 3.60. The van der Waals surface area contributed by atoms with E-state index in [2.05, 4.69) is 0 Å². The molecule has 1 aromatic carbocycles. The summed E-state index contributed by atoms with van der Waals surface area (Å²) in [6.07, 6.45) is 0. The Bertz CT molecular complexity index is 352. The van der Waals surface area contributed by atoms with E-state index >= 15 is 0 Å². The van der Waals surface area contributed by atoms with Crippen LogP contribution in [0.15, 0.2) is 18.2 Å². The molecule has 1 rings (SSSR count). The molecule has 3 nitrogen and oxygen atoms in total. The second-order valence-corrected chi connectivity index (χ2v) is 6.17. The maximum atomic E-state index is 5.84. The van der Waals surface area contributed by atoms with E-state index in [4.69, 9.17) is 15.2 Å². The molecule has 0 heterocycles. The smallest absolute Gasteiger partial charge is 0.125 e. The normalized spacial score (nSPS) is 12.4. The molecule has 3 heteroatoms. The van der Waals surface area contributed by atoms with E-state index in [0.717, 1.165) is 11.5 Å². The summed E-state index contributed by atoms with van der Waals surface area (Å²) in [6, 6.07) is 5.48. The van der Waals surface area contributed by atoms with Crippen LogP contribution in [0.2, 0.25) is 0 Å². The quantitative estimate of drug-likeness (QED) is 0.799. The zero-order chi connectivity index (χ0) is 13.3. The minimum absolute atomic E-state index is 0.243. The first-order valence-corrected chi connectivity index (χ1v) is 5.84. The number of hydrogen-bond acceptors (Lipinski definition) is 3. The van der Waals surface area contributed by atoms with Crippen LogP contribution in [0, 0.1) is 0 Å². The van der Waals surface area contributed by atoms with E-state index in [1.165, 1.54) is 0 Å². The summed E-state index contributed by atoms with van der Waals surface area (Å²) in [7, 11) is 0. The van der Waals surface area contributed by atoms with Crippen molar-refractivity contribution < 1.29 is 9.47 Å². The summed E-state index contributed by atoms with van der Waals surface area (Å²) < 4.78 is 11.6. The lowest BCUT2D eigenvalue weighted by molar-refractivity contribution is 0.121. The van der Waals surface area contributed by atoms with Crippen molar-refractivity contribution >= 4 is 5.69 Å². The van der Waals surface area contributed by atoms with Gasteiger partial charge in [-0.2, -0.15) is 0 Å². The zero-order valence-electron chi connectivity index (χ0n) is 11.6. The van der Waals surface area contributed by atoms with Crippen molar-refractivity contribution in [2.45, 2.75) is 52.7 Å². The van der Waals surface area contributed by atoms with Crippen molar-refractivity contribution in [3.05, 3.63) is 18.2 Å². The van der Waals surface area contributed by atoms with Crippen LogP contribution >= 0.6 is 0 Å². The minimum atomic E-state index is -0.243. The van der Waals surface area contributed by atoms with Crippen LogP contribution in [0.4, 0.5) is 5.69 Å². The van der Waals surface area contributed by atoms with E-state index in [-0.39, 0.29) is 11.2 Å². The number of nitrogens with two attached hydrogens (primary N) is 1. The monoisotopic (exact) mass is 237 g/mol. The predicted molar refractivity (Wildman–Crippen MR) is 71.6 cm³/mol. The maximum absolute atomic E-state index is 5.84. The van der Waals surface area contributed by atoms with Gasteiger partial charge in [-0.25, -0.2) is 0 Å². The van der Waals surface area contributed by atoms with Crippen LogP contribution in [0.5, 0.6) is 11.5 Å². The highest BCUT2D eigenvalue weighted by Gasteiger charge is 2.15. The maximum Gasteiger partial charge on any atom is 0.125 e. The number of benzene rings is 1. The van der Waals surface area contributed by atoms with Gasteiger partial charge in [0.15, 0.2) is 0 Å². The van der Waals surface area contributed by atoms with E-state index in [1.807, 2.05) is 47.6 Å². The van der Waals surface area contributed by atoms with Gasteiger partial charge in [0, 0.05) is 23.9 Å². The van der Waals surface area contributed by atoms with Crippen molar-refractivity contribution in [3.63, 3.8) is 0 Å². The van der Waals surface area contributed by atoms with Crippen LogP contribution in [-0.4, -0.2) is 11.2 Å². The Balaban J connectivity index is 2.95. The molecular formula is C14H23NO2. The third-order valence-electron chi connectivity index (χ3n) is 1.75. The van der Waals surface area contributed by atoms with Crippen molar-refractivity contribution in [2.24, 2.45) is 0 Å². The molecule has 0 aliphatic heterocycles. The molecule has 0 fully saturated rings. The van der Waals surface area contributed by atoms with Crippen LogP contribution in [0.1, 0.15) is 41.5 Å². The fraction of sp³-hybridized carbons (Fsp3) is 0.571. The van der Waals surface area contributed by atoms with E-state index < -0.39 is 0 Å². The Morgan fingerprint density at radius 1 is 0.765 bits per heavy atom. The summed E-state index contributed by atoms with van der Waals surface area (Å²) in [5.41, 5.74) is 6.00. The fourth-order valence-corrected chi connectivity index (χ4v) is 1.42. The van der Waals surface area contributed by atoms with E-state index in [9.17, 15) is 0 Å². The molecule has 0 bridgehead atoms. The largest absolute Gasteiger partial charge is 0.488 e. The van der Waals surface area contributed by atoms with Gasteiger partial charge in [0.25, 0.3) is 0 Å². The molecule has 0 atom stereocenters. The SMILES string of the molecule is CC(C)(C)Oc1cc(N)cc(OC(C)(C)C)c1. The molecular weight excluding hydrogens is 214 g/mol. The van der Waals surface area contributed by atoms with Crippen LogP contribution in [0.3, 0.4) is 0 Å². The molecule has 0 saturated heterocycles. The van der Waals surface area contributed by atoms with Gasteiger partial charge in [-0.3, -0.25) is 0 Å². The first kappa shape index (κ1) is 13.7. The van der Waals surface area contributed by atoms with Crippen LogP contribution in [-0.2, 0) is 0 Å². The van der Waals surface area contributed by atoms with Gasteiger partial charge in [0.2, 0.25) is 0 Å². The van der Waals surface area contributed by atoms with Crippen molar-refractivity contribution in [2.75, 3.05) is 5.73 Å². The third-order valence-corrected chi connectivity index (χ3v) is 1.75. The summed E-state index contributed by atoms with van der Waals surface area (Å²) in [5.74, 6) is 1.47. The molecule has 1 aromatic rings. The summed E-state index contributed by atoms with van der Waals surface area (Å²) >= 11 is 0. The Morgan fingerprint density at radius 3 is 1.41 bits per heavy atom. The van der Waals surface area contributed by atoms with E-state index in [0.29, 0.717) is 5.69 Å². The van der Waals surface area contributed by atoms with Gasteiger partial charge >= 0.3 is 0 Å². The third kappa shape index (κ3) is 5.48. The van der Waals surface area contributed by atoms with Crippen molar-refractivity contribution in [3.8, 4) is 11.5 Å². The number of rotatable bonds is 2. The predicted octanol–water partition coefficient (Wildman–Crippen LogP) is 3.62. The van der Waals surface area contributed by atoms with Gasteiger partial charge in [0.1, 0.15) is 22.7 Å². The average molecular weight is 237 g/mol. The van der Waals surface area contributed by atoms with Gasteiger partial charge in [0.05, 0.1) is 0 Å². The Labute approximate surface area is 104 Å². The van der Waals surface area contributed by atoms with Gasteiger partial charge < -0.3 is 15.2 Å². The van der Waals surface area contributed by atoms with Crippen LogP contribution in [0.25, 0.3) is 0 Å². The summed E-state index contributed by atoms with van der Waals surface area (Å²) in [4.78, 5) is 0. The molecule has 17 heavy (non-hydrogen) atoms. The molecule has 96 valence electrons. The Hall–Kier alpha value is -1.38. The second-order valence-electron chi connectivity index (χ2n) is 6.17. The van der Waals surface area contributed by atoms with Crippen molar-refractivity contribution in [1.29, 1.82) is 0 Å². The van der Waals surface area contributed by atoms with Gasteiger partial charge in [-0.05, 0) is 41.5 Å². The molecule has 0 aliphatic rings. The highest BCUT2D eigenvalue weighted by molar-refractivity contribution is 5.50. The number of anilines is 1. The lowest BCUT2D eigenvalue weighted by atomic mass is 10.1. The molecule has 0 radical (unpaired) electrons. The first-order chi connectivity index (χ1) is 7.55. The fourth-order valence-electron chi connectivity index (χ4n) is 1.42. The molecule has 0 saturated carbocycles. The Morgan fingerprint density at radius 2 is 1.12 bits per heavy atom. The second kappa shape index (κ2) is 4.47. The lowest BCUT2D eigenvalue weighted by Gasteiger charge is -2.24. The first-order valence-electron chi connectivity index (χ1n) is 5.84. The van der Waals surface area contributed by atoms with Crippen LogP contribution < -0.4 is 15.2 Å². The zero-order valence-corrected chi connectivity index (χ0v) is 11.6.